The van der Waals surface area contributed by atoms with Gasteiger partial charge in [0.1, 0.15) is 11.5 Å². The number of aromatic amines is 1. The van der Waals surface area contributed by atoms with Crippen LogP contribution in [-0.2, 0) is 0 Å². The van der Waals surface area contributed by atoms with Gasteiger partial charge in [0.05, 0.1) is 0 Å². The minimum Gasteiger partial charge on any atom is -0.384 e. The number of hydrogen-bond acceptors (Lipinski definition) is 4. The average molecular weight is 290 g/mol. The first kappa shape index (κ1) is 10.2. The van der Waals surface area contributed by atoms with Crippen molar-refractivity contribution in [2.45, 2.75) is 0 Å². The van der Waals surface area contributed by atoms with Crippen LogP contribution in [0.3, 0.4) is 0 Å². The molecule has 3 rings (SSSR count). The Bertz CT molecular complexity index is 691. The molecule has 0 atom stereocenters. The van der Waals surface area contributed by atoms with Crippen LogP contribution in [0.4, 0.5) is 5.82 Å². The number of pyridine rings is 2. The third-order valence-corrected chi connectivity index (χ3v) is 2.87. The van der Waals surface area contributed by atoms with Crippen LogP contribution in [-0.4, -0.2) is 20.2 Å². The SMILES string of the molecule is Nc1cc(-c2n[nH]c3ncc(Br)cc23)ccn1. The number of halogens is 1. The molecule has 3 aromatic heterocycles. The van der Waals surface area contributed by atoms with Gasteiger partial charge in [0.25, 0.3) is 0 Å². The van der Waals surface area contributed by atoms with Crippen molar-refractivity contribution >= 4 is 32.8 Å². The van der Waals surface area contributed by atoms with E-state index in [2.05, 4.69) is 36.1 Å². The van der Waals surface area contributed by atoms with Gasteiger partial charge in [-0.3, -0.25) is 5.10 Å². The number of nitrogens with zero attached hydrogens (tertiary/aromatic N) is 3. The summed E-state index contributed by atoms with van der Waals surface area (Å²) < 4.78 is 0.912. The van der Waals surface area contributed by atoms with Crippen molar-refractivity contribution in [3.05, 3.63) is 35.1 Å². The summed E-state index contributed by atoms with van der Waals surface area (Å²) in [7, 11) is 0. The largest absolute Gasteiger partial charge is 0.384 e. The maximum Gasteiger partial charge on any atom is 0.155 e. The molecule has 0 fully saturated rings. The molecule has 3 N–H and O–H groups in total. The number of nitrogens with one attached hydrogen (secondary N) is 1. The third kappa shape index (κ3) is 1.76. The molecule has 0 aromatic carbocycles. The third-order valence-electron chi connectivity index (χ3n) is 2.44. The summed E-state index contributed by atoms with van der Waals surface area (Å²) in [4.78, 5) is 8.20. The summed E-state index contributed by atoms with van der Waals surface area (Å²) in [5.74, 6) is 0.474. The van der Waals surface area contributed by atoms with Crippen LogP contribution in [0.1, 0.15) is 0 Å². The number of fused-ring (bicyclic) bond motifs is 1. The van der Waals surface area contributed by atoms with Crippen LogP contribution in [0.5, 0.6) is 0 Å². The molecule has 3 aromatic rings. The number of nitrogens with two attached hydrogens (primary N) is 1. The zero-order valence-electron chi connectivity index (χ0n) is 8.68. The van der Waals surface area contributed by atoms with Crippen molar-refractivity contribution in [2.75, 3.05) is 5.73 Å². The van der Waals surface area contributed by atoms with Gasteiger partial charge >= 0.3 is 0 Å². The Kier molecular flexibility index (Phi) is 2.29. The number of nitrogen functional groups attached to an aromatic ring is 1. The van der Waals surface area contributed by atoms with Gasteiger partial charge in [-0.25, -0.2) is 9.97 Å². The first-order valence-electron chi connectivity index (χ1n) is 4.95. The maximum atomic E-state index is 5.66. The Morgan fingerprint density at radius 2 is 2.12 bits per heavy atom. The summed E-state index contributed by atoms with van der Waals surface area (Å²) >= 11 is 3.40. The molecule has 0 radical (unpaired) electrons. The van der Waals surface area contributed by atoms with Gasteiger partial charge in [0.15, 0.2) is 5.65 Å². The minimum absolute atomic E-state index is 0.474. The van der Waals surface area contributed by atoms with E-state index in [1.54, 1.807) is 18.5 Å². The number of anilines is 1. The van der Waals surface area contributed by atoms with E-state index in [1.165, 1.54) is 0 Å². The molecule has 0 aliphatic carbocycles. The number of hydrogen-bond donors (Lipinski definition) is 2. The molecule has 0 unspecified atom stereocenters. The fraction of sp³-hybridized carbons (Fsp3) is 0. The Morgan fingerprint density at radius 1 is 1.24 bits per heavy atom. The van der Waals surface area contributed by atoms with Gasteiger partial charge in [-0.15, -0.1) is 0 Å². The normalized spacial score (nSPS) is 10.9. The Hall–Kier alpha value is -1.95. The number of H-pyrrole nitrogens is 1. The molecule has 0 saturated carbocycles. The summed E-state index contributed by atoms with van der Waals surface area (Å²) in [6, 6.07) is 5.63. The number of aromatic nitrogens is 4. The Labute approximate surface area is 105 Å². The molecule has 84 valence electrons. The molecule has 17 heavy (non-hydrogen) atoms. The van der Waals surface area contributed by atoms with Crippen LogP contribution < -0.4 is 5.73 Å². The van der Waals surface area contributed by atoms with Crippen molar-refractivity contribution in [1.29, 1.82) is 0 Å². The van der Waals surface area contributed by atoms with Gasteiger partial charge in [-0.05, 0) is 34.1 Å². The summed E-state index contributed by atoms with van der Waals surface area (Å²) in [6.07, 6.45) is 3.39. The lowest BCUT2D eigenvalue weighted by molar-refractivity contribution is 1.10. The molecule has 0 amide bonds. The summed E-state index contributed by atoms with van der Waals surface area (Å²) in [5, 5.41) is 8.10. The smallest absolute Gasteiger partial charge is 0.155 e. The van der Waals surface area contributed by atoms with Crippen molar-refractivity contribution in [2.24, 2.45) is 0 Å². The van der Waals surface area contributed by atoms with Crippen LogP contribution in [0.2, 0.25) is 0 Å². The van der Waals surface area contributed by atoms with Gasteiger partial charge in [-0.1, -0.05) is 0 Å². The summed E-state index contributed by atoms with van der Waals surface area (Å²) in [6.45, 7) is 0. The van der Waals surface area contributed by atoms with Crippen LogP contribution in [0.15, 0.2) is 35.1 Å². The molecular formula is C11H8BrN5. The van der Waals surface area contributed by atoms with Gasteiger partial charge in [0, 0.05) is 27.8 Å². The standard InChI is InChI=1S/C11H8BrN5/c12-7-4-8-10(16-17-11(8)15-5-7)6-1-2-14-9(13)3-6/h1-5H,(H2,13,14)(H,15,16,17). The second-order valence-corrected chi connectivity index (χ2v) is 4.51. The highest BCUT2D eigenvalue weighted by atomic mass is 79.9. The van der Waals surface area contributed by atoms with E-state index in [-0.39, 0.29) is 0 Å². The van der Waals surface area contributed by atoms with Gasteiger partial charge < -0.3 is 5.73 Å². The van der Waals surface area contributed by atoms with E-state index >= 15 is 0 Å². The predicted octanol–water partition coefficient (Wildman–Crippen LogP) is 2.36. The zero-order chi connectivity index (χ0) is 11.8. The highest BCUT2D eigenvalue weighted by Crippen LogP contribution is 2.27. The average Bonchev–Trinajstić information content (AvgIpc) is 2.71. The lowest BCUT2D eigenvalue weighted by Crippen LogP contribution is -1.89. The predicted molar refractivity (Wildman–Crippen MR) is 69.2 cm³/mol. The Morgan fingerprint density at radius 3 is 2.94 bits per heavy atom. The van der Waals surface area contributed by atoms with E-state index < -0.39 is 0 Å². The lowest BCUT2D eigenvalue weighted by Gasteiger charge is -1.98. The lowest BCUT2D eigenvalue weighted by atomic mass is 10.1. The molecule has 0 aliphatic rings. The molecule has 0 saturated heterocycles. The molecule has 3 heterocycles. The van der Waals surface area contributed by atoms with E-state index in [9.17, 15) is 0 Å². The number of rotatable bonds is 1. The first-order valence-corrected chi connectivity index (χ1v) is 5.75. The van der Waals surface area contributed by atoms with Crippen LogP contribution in [0, 0.1) is 0 Å². The molecule has 5 nitrogen and oxygen atoms in total. The quantitative estimate of drug-likeness (QED) is 0.721. The second-order valence-electron chi connectivity index (χ2n) is 3.59. The molecule has 0 spiro atoms. The molecular weight excluding hydrogens is 282 g/mol. The van der Waals surface area contributed by atoms with Crippen LogP contribution >= 0.6 is 15.9 Å². The van der Waals surface area contributed by atoms with Crippen molar-refractivity contribution in [3.8, 4) is 11.3 Å². The van der Waals surface area contributed by atoms with Crippen LogP contribution in [0.25, 0.3) is 22.3 Å². The fourth-order valence-corrected chi connectivity index (χ4v) is 2.02. The maximum absolute atomic E-state index is 5.66. The van der Waals surface area contributed by atoms with E-state index in [1.807, 2.05) is 12.1 Å². The highest BCUT2D eigenvalue weighted by Gasteiger charge is 2.09. The monoisotopic (exact) mass is 289 g/mol. The minimum atomic E-state index is 0.474. The van der Waals surface area contributed by atoms with Crippen molar-refractivity contribution < 1.29 is 0 Å². The fourth-order valence-electron chi connectivity index (χ4n) is 1.69. The highest BCUT2D eigenvalue weighted by molar-refractivity contribution is 9.10. The molecule has 6 heteroatoms. The topological polar surface area (TPSA) is 80.5 Å². The molecule has 0 bridgehead atoms. The van der Waals surface area contributed by atoms with E-state index in [4.69, 9.17) is 5.73 Å². The second kappa shape index (κ2) is 3.81. The van der Waals surface area contributed by atoms with E-state index in [0.29, 0.717) is 5.82 Å². The van der Waals surface area contributed by atoms with Gasteiger partial charge in [0.2, 0.25) is 0 Å². The molecule has 0 aliphatic heterocycles. The van der Waals surface area contributed by atoms with E-state index in [0.717, 1.165) is 26.8 Å². The van der Waals surface area contributed by atoms with Gasteiger partial charge in [-0.2, -0.15) is 5.10 Å². The zero-order valence-corrected chi connectivity index (χ0v) is 10.3. The first-order chi connectivity index (χ1) is 8.24. The Balaban J connectivity index is 2.27. The summed E-state index contributed by atoms with van der Waals surface area (Å²) in [5.41, 5.74) is 8.16. The van der Waals surface area contributed by atoms with Crippen molar-refractivity contribution in [3.63, 3.8) is 0 Å². The van der Waals surface area contributed by atoms with Crippen molar-refractivity contribution in [1.82, 2.24) is 20.2 Å².